The van der Waals surface area contributed by atoms with Gasteiger partial charge in [-0.3, -0.25) is 0 Å². The maximum absolute atomic E-state index is 13.5. The van der Waals surface area contributed by atoms with Crippen molar-refractivity contribution >= 4 is 6.01 Å². The highest BCUT2D eigenvalue weighted by Crippen LogP contribution is 2.24. The smallest absolute Gasteiger partial charge is 0.324 e. The van der Waals surface area contributed by atoms with Gasteiger partial charge in [-0.15, -0.1) is 0 Å². The summed E-state index contributed by atoms with van der Waals surface area (Å²) in [6.07, 6.45) is 2.27. The zero-order chi connectivity index (χ0) is 11.7. The minimum absolute atomic E-state index is 0.310. The lowest BCUT2D eigenvalue weighted by Crippen LogP contribution is -2.17. The maximum atomic E-state index is 13.5. The molecular formula is C12H12FN3O. The van der Waals surface area contributed by atoms with Gasteiger partial charge in [0.1, 0.15) is 5.82 Å². The summed E-state index contributed by atoms with van der Waals surface area (Å²) in [6.45, 7) is 1.86. The zero-order valence-electron chi connectivity index (χ0n) is 9.27. The van der Waals surface area contributed by atoms with Crippen LogP contribution in [0.3, 0.4) is 0 Å². The van der Waals surface area contributed by atoms with Crippen molar-refractivity contribution in [1.82, 2.24) is 10.1 Å². The summed E-state index contributed by atoms with van der Waals surface area (Å²) in [4.78, 5) is 6.26. The van der Waals surface area contributed by atoms with Crippen molar-refractivity contribution in [2.45, 2.75) is 12.8 Å². The minimum atomic E-state index is -0.332. The first kappa shape index (κ1) is 10.3. The lowest BCUT2D eigenvalue weighted by Gasteiger charge is -2.09. The molecule has 17 heavy (non-hydrogen) atoms. The van der Waals surface area contributed by atoms with Gasteiger partial charge in [0.15, 0.2) is 0 Å². The summed E-state index contributed by atoms with van der Waals surface area (Å²) in [7, 11) is 0. The quantitative estimate of drug-likeness (QED) is 0.799. The lowest BCUT2D eigenvalue weighted by molar-refractivity contribution is 0.419. The van der Waals surface area contributed by atoms with Crippen molar-refractivity contribution in [2.24, 2.45) is 0 Å². The highest BCUT2D eigenvalue weighted by atomic mass is 19.1. The second kappa shape index (κ2) is 4.16. The van der Waals surface area contributed by atoms with Crippen molar-refractivity contribution in [1.29, 1.82) is 0 Å². The third-order valence-corrected chi connectivity index (χ3v) is 2.91. The Labute approximate surface area is 98.1 Å². The standard InChI is InChI=1S/C12H12FN3O/c13-10-6-2-1-5-9(10)11-14-12(17-15-11)16-7-3-4-8-16/h1-2,5-6H,3-4,7-8H2. The predicted octanol–water partition coefficient (Wildman–Crippen LogP) is 2.48. The SMILES string of the molecule is Fc1ccccc1-c1noc(N2CCCC2)n1. The van der Waals surface area contributed by atoms with Gasteiger partial charge >= 0.3 is 6.01 Å². The predicted molar refractivity (Wildman–Crippen MR) is 61.1 cm³/mol. The van der Waals surface area contributed by atoms with Gasteiger partial charge in [0, 0.05) is 13.1 Å². The van der Waals surface area contributed by atoms with E-state index in [2.05, 4.69) is 10.1 Å². The number of anilines is 1. The van der Waals surface area contributed by atoms with Gasteiger partial charge in [-0.05, 0) is 25.0 Å². The van der Waals surface area contributed by atoms with Crippen LogP contribution < -0.4 is 4.90 Å². The van der Waals surface area contributed by atoms with Crippen LogP contribution in [0.25, 0.3) is 11.4 Å². The Morgan fingerprint density at radius 2 is 1.94 bits per heavy atom. The highest BCUT2D eigenvalue weighted by molar-refractivity contribution is 5.56. The topological polar surface area (TPSA) is 42.2 Å². The van der Waals surface area contributed by atoms with Crippen LogP contribution in [-0.4, -0.2) is 23.2 Å². The molecular weight excluding hydrogens is 221 g/mol. The van der Waals surface area contributed by atoms with Crippen LogP contribution in [0.2, 0.25) is 0 Å². The van der Waals surface area contributed by atoms with E-state index in [4.69, 9.17) is 4.52 Å². The molecule has 1 aromatic carbocycles. The van der Waals surface area contributed by atoms with Gasteiger partial charge in [0.25, 0.3) is 0 Å². The van der Waals surface area contributed by atoms with Crippen LogP contribution in [0.5, 0.6) is 0 Å². The lowest BCUT2D eigenvalue weighted by atomic mass is 10.2. The van der Waals surface area contributed by atoms with Gasteiger partial charge in [-0.25, -0.2) is 4.39 Å². The molecule has 0 radical (unpaired) electrons. The average molecular weight is 233 g/mol. The highest BCUT2D eigenvalue weighted by Gasteiger charge is 2.19. The number of hydrogen-bond donors (Lipinski definition) is 0. The van der Waals surface area contributed by atoms with Crippen LogP contribution in [0.1, 0.15) is 12.8 Å². The Morgan fingerprint density at radius 1 is 1.18 bits per heavy atom. The average Bonchev–Trinajstić information content (AvgIpc) is 3.00. The number of nitrogens with zero attached hydrogens (tertiary/aromatic N) is 3. The molecule has 3 rings (SSSR count). The number of halogens is 1. The fourth-order valence-electron chi connectivity index (χ4n) is 2.00. The third-order valence-electron chi connectivity index (χ3n) is 2.91. The molecule has 1 aliphatic heterocycles. The zero-order valence-corrected chi connectivity index (χ0v) is 9.27. The fraction of sp³-hybridized carbons (Fsp3) is 0.333. The minimum Gasteiger partial charge on any atom is -0.324 e. The maximum Gasteiger partial charge on any atom is 0.324 e. The van der Waals surface area contributed by atoms with Crippen LogP contribution in [0.15, 0.2) is 28.8 Å². The molecule has 0 saturated carbocycles. The van der Waals surface area contributed by atoms with Crippen molar-refractivity contribution in [3.63, 3.8) is 0 Å². The molecule has 0 aliphatic carbocycles. The van der Waals surface area contributed by atoms with Crippen LogP contribution in [-0.2, 0) is 0 Å². The normalized spacial score (nSPS) is 15.5. The van der Waals surface area contributed by atoms with E-state index >= 15 is 0 Å². The molecule has 0 bridgehead atoms. The van der Waals surface area contributed by atoms with Gasteiger partial charge in [-0.2, -0.15) is 4.98 Å². The Bertz CT molecular complexity index is 520. The van der Waals surface area contributed by atoms with Crippen LogP contribution in [0, 0.1) is 5.82 Å². The Balaban J connectivity index is 1.92. The molecule has 1 aromatic heterocycles. The monoisotopic (exact) mass is 233 g/mol. The second-order valence-corrected chi connectivity index (χ2v) is 4.07. The van der Waals surface area contributed by atoms with Gasteiger partial charge in [-0.1, -0.05) is 17.3 Å². The summed E-state index contributed by atoms with van der Waals surface area (Å²) in [5.74, 6) is -0.0220. The van der Waals surface area contributed by atoms with E-state index < -0.39 is 0 Å². The van der Waals surface area contributed by atoms with E-state index in [0.29, 0.717) is 17.4 Å². The van der Waals surface area contributed by atoms with Crippen molar-refractivity contribution in [2.75, 3.05) is 18.0 Å². The molecule has 0 spiro atoms. The number of aromatic nitrogens is 2. The first-order chi connectivity index (χ1) is 8.34. The van der Waals surface area contributed by atoms with E-state index in [0.717, 1.165) is 25.9 Å². The van der Waals surface area contributed by atoms with Crippen molar-refractivity contribution in [3.05, 3.63) is 30.1 Å². The summed E-state index contributed by atoms with van der Waals surface area (Å²) in [5, 5.41) is 3.82. The Hall–Kier alpha value is -1.91. The van der Waals surface area contributed by atoms with E-state index in [1.165, 1.54) is 6.07 Å². The molecule has 88 valence electrons. The molecule has 1 aliphatic rings. The number of rotatable bonds is 2. The Kier molecular flexibility index (Phi) is 2.51. The Morgan fingerprint density at radius 3 is 2.71 bits per heavy atom. The molecule has 2 aromatic rings. The van der Waals surface area contributed by atoms with Gasteiger partial charge in [0.2, 0.25) is 5.82 Å². The molecule has 0 unspecified atom stereocenters. The van der Waals surface area contributed by atoms with Gasteiger partial charge < -0.3 is 9.42 Å². The number of hydrogen-bond acceptors (Lipinski definition) is 4. The summed E-state index contributed by atoms with van der Waals surface area (Å²) in [6, 6.07) is 6.92. The molecule has 5 heteroatoms. The van der Waals surface area contributed by atoms with E-state index in [-0.39, 0.29) is 5.82 Å². The van der Waals surface area contributed by atoms with E-state index in [1.54, 1.807) is 18.2 Å². The number of benzene rings is 1. The molecule has 4 nitrogen and oxygen atoms in total. The van der Waals surface area contributed by atoms with Crippen molar-refractivity contribution < 1.29 is 8.91 Å². The second-order valence-electron chi connectivity index (χ2n) is 4.07. The summed E-state index contributed by atoms with van der Waals surface area (Å²) in [5.41, 5.74) is 0.377. The molecule has 1 saturated heterocycles. The molecule has 2 heterocycles. The van der Waals surface area contributed by atoms with Crippen molar-refractivity contribution in [3.8, 4) is 11.4 Å². The molecule has 0 atom stereocenters. The summed E-state index contributed by atoms with van der Waals surface area (Å²) >= 11 is 0. The molecule has 0 N–H and O–H groups in total. The van der Waals surface area contributed by atoms with E-state index in [9.17, 15) is 4.39 Å². The van der Waals surface area contributed by atoms with E-state index in [1.807, 2.05) is 4.90 Å². The fourth-order valence-corrected chi connectivity index (χ4v) is 2.00. The first-order valence-corrected chi connectivity index (χ1v) is 5.68. The molecule has 1 fully saturated rings. The largest absolute Gasteiger partial charge is 0.324 e. The van der Waals surface area contributed by atoms with Gasteiger partial charge in [0.05, 0.1) is 5.56 Å². The first-order valence-electron chi connectivity index (χ1n) is 5.68. The summed E-state index contributed by atoms with van der Waals surface area (Å²) < 4.78 is 18.7. The third kappa shape index (κ3) is 1.88. The van der Waals surface area contributed by atoms with Crippen LogP contribution in [0.4, 0.5) is 10.4 Å². The van der Waals surface area contributed by atoms with Crippen LogP contribution >= 0.6 is 0 Å². The molecule has 0 amide bonds.